The Kier molecular flexibility index (Phi) is 7.49. The molecular formula is C24H26N4O4. The van der Waals surface area contributed by atoms with Crippen LogP contribution < -0.4 is 5.32 Å². The van der Waals surface area contributed by atoms with Crippen molar-refractivity contribution < 1.29 is 19.1 Å². The third-order valence-corrected chi connectivity index (χ3v) is 4.88. The van der Waals surface area contributed by atoms with Gasteiger partial charge >= 0.3 is 5.97 Å². The number of carbonyl (C=O) groups excluding carboxylic acids is 3. The van der Waals surface area contributed by atoms with Crippen LogP contribution in [0.2, 0.25) is 0 Å². The maximum Gasteiger partial charge on any atom is 0.342 e. The summed E-state index contributed by atoms with van der Waals surface area (Å²) in [6, 6.07) is 14.1. The number of nitrogens with one attached hydrogen (secondary N) is 1. The molecule has 3 rings (SSSR count). The van der Waals surface area contributed by atoms with Gasteiger partial charge in [0.05, 0.1) is 17.9 Å². The lowest BCUT2D eigenvalue weighted by Gasteiger charge is -2.16. The van der Waals surface area contributed by atoms with E-state index in [1.807, 2.05) is 50.2 Å². The zero-order valence-electron chi connectivity index (χ0n) is 18.3. The summed E-state index contributed by atoms with van der Waals surface area (Å²) in [6.45, 7) is 4.78. The van der Waals surface area contributed by atoms with Crippen molar-refractivity contribution in [2.24, 2.45) is 0 Å². The Morgan fingerprint density at radius 1 is 1.06 bits per heavy atom. The Balaban J connectivity index is 1.65. The Bertz CT molecular complexity index is 1080. The van der Waals surface area contributed by atoms with E-state index in [2.05, 4.69) is 15.4 Å². The molecule has 1 atom stereocenters. The van der Waals surface area contributed by atoms with Gasteiger partial charge in [-0.05, 0) is 37.0 Å². The molecule has 0 aliphatic heterocycles. The maximum absolute atomic E-state index is 12.7. The Morgan fingerprint density at radius 3 is 2.41 bits per heavy atom. The highest BCUT2D eigenvalue weighted by Crippen LogP contribution is 2.22. The number of amides is 1. The summed E-state index contributed by atoms with van der Waals surface area (Å²) in [4.78, 5) is 41.3. The number of ether oxygens (including phenoxy) is 1. The lowest BCUT2D eigenvalue weighted by molar-refractivity contribution is -0.128. The van der Waals surface area contributed by atoms with Crippen molar-refractivity contribution in [3.8, 4) is 5.82 Å². The summed E-state index contributed by atoms with van der Waals surface area (Å²) < 4.78 is 6.81. The topological polar surface area (TPSA) is 103 Å². The van der Waals surface area contributed by atoms with Crippen LogP contribution in [-0.2, 0) is 20.7 Å². The lowest BCUT2D eigenvalue weighted by Crippen LogP contribution is -2.43. The quantitative estimate of drug-likeness (QED) is 0.520. The van der Waals surface area contributed by atoms with Crippen molar-refractivity contribution in [3.05, 3.63) is 77.7 Å². The van der Waals surface area contributed by atoms with Crippen molar-refractivity contribution in [2.75, 3.05) is 6.61 Å². The molecule has 0 bridgehead atoms. The van der Waals surface area contributed by atoms with E-state index in [4.69, 9.17) is 4.74 Å². The van der Waals surface area contributed by atoms with Crippen molar-refractivity contribution in [3.63, 3.8) is 0 Å². The second kappa shape index (κ2) is 10.5. The minimum atomic E-state index is -0.693. The van der Waals surface area contributed by atoms with Gasteiger partial charge in [0.15, 0.2) is 18.2 Å². The molecule has 166 valence electrons. The van der Waals surface area contributed by atoms with E-state index in [1.165, 1.54) is 13.1 Å². The van der Waals surface area contributed by atoms with E-state index in [1.54, 1.807) is 23.0 Å². The molecule has 0 fully saturated rings. The predicted molar refractivity (Wildman–Crippen MR) is 118 cm³/mol. The van der Waals surface area contributed by atoms with Crippen LogP contribution in [-0.4, -0.2) is 45.1 Å². The largest absolute Gasteiger partial charge is 0.452 e. The maximum atomic E-state index is 12.7. The van der Waals surface area contributed by atoms with Crippen molar-refractivity contribution >= 4 is 17.7 Å². The van der Waals surface area contributed by atoms with Gasteiger partial charge in [-0.15, -0.1) is 0 Å². The van der Waals surface area contributed by atoms with Crippen LogP contribution >= 0.6 is 0 Å². The number of Topliss-reactive ketones (excluding diaryl/α,β-unsaturated/α-hetero) is 1. The zero-order valence-corrected chi connectivity index (χ0v) is 18.3. The number of ketones is 1. The summed E-state index contributed by atoms with van der Waals surface area (Å²) in [5.74, 6) is -0.833. The molecule has 0 aliphatic carbocycles. The summed E-state index contributed by atoms with van der Waals surface area (Å²) in [5, 5.41) is 6.93. The van der Waals surface area contributed by atoms with E-state index >= 15 is 0 Å². The first-order valence-corrected chi connectivity index (χ1v) is 10.4. The summed E-state index contributed by atoms with van der Waals surface area (Å²) >= 11 is 0. The van der Waals surface area contributed by atoms with Gasteiger partial charge < -0.3 is 10.1 Å². The van der Waals surface area contributed by atoms with E-state index in [0.29, 0.717) is 17.9 Å². The smallest absolute Gasteiger partial charge is 0.342 e. The highest BCUT2D eigenvalue weighted by molar-refractivity contribution is 5.93. The zero-order chi connectivity index (χ0) is 23.1. The minimum Gasteiger partial charge on any atom is -0.452 e. The number of hydrogen-bond donors (Lipinski definition) is 1. The highest BCUT2D eigenvalue weighted by Gasteiger charge is 2.24. The first-order valence-electron chi connectivity index (χ1n) is 10.4. The molecule has 0 aliphatic rings. The van der Waals surface area contributed by atoms with E-state index in [0.717, 1.165) is 5.56 Å². The first-order chi connectivity index (χ1) is 15.4. The normalized spacial score (nSPS) is 11.8. The molecule has 1 N–H and O–H groups in total. The van der Waals surface area contributed by atoms with Crippen LogP contribution in [0.25, 0.3) is 5.82 Å². The van der Waals surface area contributed by atoms with Gasteiger partial charge in [0.25, 0.3) is 5.91 Å². The van der Waals surface area contributed by atoms with Crippen LogP contribution in [0.3, 0.4) is 0 Å². The molecule has 1 unspecified atom stereocenters. The molecular weight excluding hydrogens is 408 g/mol. The molecule has 0 saturated heterocycles. The van der Waals surface area contributed by atoms with Crippen LogP contribution in [0.5, 0.6) is 0 Å². The minimum absolute atomic E-state index is 0.0381. The van der Waals surface area contributed by atoms with Crippen molar-refractivity contribution in [1.29, 1.82) is 0 Å². The summed E-state index contributed by atoms with van der Waals surface area (Å²) in [6.07, 6.45) is 3.42. The van der Waals surface area contributed by atoms with E-state index < -0.39 is 24.5 Å². The predicted octanol–water partition coefficient (Wildman–Crippen LogP) is 2.86. The van der Waals surface area contributed by atoms with Crippen LogP contribution in [0.1, 0.15) is 48.3 Å². The summed E-state index contributed by atoms with van der Waals surface area (Å²) in [7, 11) is 0. The molecule has 3 aromatic rings. The fourth-order valence-electron chi connectivity index (χ4n) is 3.32. The standard InChI is InChI=1S/C24H26N4O4/c1-16(2)23-19(14-26-28(23)21-11-7-8-12-25-21)24(31)32-15-22(30)27-20(17(3)29)13-18-9-5-4-6-10-18/h4-12,14,16,20H,13,15H2,1-3H3,(H,27,30). The number of aromatic nitrogens is 3. The fraction of sp³-hybridized carbons (Fsp3) is 0.292. The third kappa shape index (κ3) is 5.66. The van der Waals surface area contributed by atoms with E-state index in [9.17, 15) is 14.4 Å². The summed E-state index contributed by atoms with van der Waals surface area (Å²) in [5.41, 5.74) is 1.83. The number of rotatable bonds is 9. The van der Waals surface area contributed by atoms with Gasteiger partial charge in [0.2, 0.25) is 0 Å². The molecule has 8 heteroatoms. The fourth-order valence-corrected chi connectivity index (χ4v) is 3.32. The van der Waals surface area contributed by atoms with Gasteiger partial charge in [0.1, 0.15) is 5.56 Å². The van der Waals surface area contributed by atoms with Crippen LogP contribution in [0.15, 0.2) is 60.9 Å². The van der Waals surface area contributed by atoms with Crippen molar-refractivity contribution in [1.82, 2.24) is 20.1 Å². The van der Waals surface area contributed by atoms with E-state index in [-0.39, 0.29) is 17.3 Å². The van der Waals surface area contributed by atoms with Crippen molar-refractivity contribution in [2.45, 2.75) is 39.2 Å². The number of esters is 1. The molecule has 2 heterocycles. The molecule has 0 spiro atoms. The van der Waals surface area contributed by atoms with Crippen LogP contribution in [0, 0.1) is 0 Å². The molecule has 8 nitrogen and oxygen atoms in total. The molecule has 0 radical (unpaired) electrons. The number of pyridine rings is 1. The first kappa shape index (κ1) is 22.9. The number of nitrogens with zero attached hydrogens (tertiary/aromatic N) is 3. The van der Waals surface area contributed by atoms with Gasteiger partial charge in [0, 0.05) is 6.20 Å². The monoisotopic (exact) mass is 434 g/mol. The molecule has 2 aromatic heterocycles. The average molecular weight is 434 g/mol. The Hall–Kier alpha value is -3.81. The molecule has 0 saturated carbocycles. The number of benzene rings is 1. The van der Waals surface area contributed by atoms with Gasteiger partial charge in [-0.1, -0.05) is 50.2 Å². The second-order valence-corrected chi connectivity index (χ2v) is 7.69. The third-order valence-electron chi connectivity index (χ3n) is 4.88. The lowest BCUT2D eigenvalue weighted by atomic mass is 10.0. The Labute approximate surface area is 186 Å². The van der Waals surface area contributed by atoms with Gasteiger partial charge in [-0.3, -0.25) is 9.59 Å². The molecule has 1 amide bonds. The Morgan fingerprint density at radius 2 is 1.78 bits per heavy atom. The number of hydrogen-bond acceptors (Lipinski definition) is 6. The second-order valence-electron chi connectivity index (χ2n) is 7.69. The average Bonchev–Trinajstić information content (AvgIpc) is 3.24. The van der Waals surface area contributed by atoms with Gasteiger partial charge in [-0.25, -0.2) is 14.5 Å². The SMILES string of the molecule is CC(=O)C(Cc1ccccc1)NC(=O)COC(=O)c1cnn(-c2ccccn2)c1C(C)C. The molecule has 32 heavy (non-hydrogen) atoms. The van der Waals surface area contributed by atoms with Crippen LogP contribution in [0.4, 0.5) is 0 Å². The molecule has 1 aromatic carbocycles. The highest BCUT2D eigenvalue weighted by atomic mass is 16.5. The van der Waals surface area contributed by atoms with Gasteiger partial charge in [-0.2, -0.15) is 5.10 Å². The number of carbonyl (C=O) groups is 3.